The third-order valence-corrected chi connectivity index (χ3v) is 8.78. The third kappa shape index (κ3) is 5.37. The van der Waals surface area contributed by atoms with Gasteiger partial charge < -0.3 is 24.4 Å². The van der Waals surface area contributed by atoms with E-state index in [1.165, 1.54) is 6.42 Å². The minimum atomic E-state index is -0.991. The molecule has 3 aliphatic heterocycles. The Hall–Kier alpha value is -2.19. The van der Waals surface area contributed by atoms with Crippen LogP contribution in [-0.4, -0.2) is 82.8 Å². The molecule has 0 aromatic carbocycles. The van der Waals surface area contributed by atoms with Gasteiger partial charge in [0.1, 0.15) is 11.6 Å². The summed E-state index contributed by atoms with van der Waals surface area (Å²) < 4.78 is 12.1. The van der Waals surface area contributed by atoms with E-state index >= 15 is 0 Å². The largest absolute Gasteiger partial charge is 0.465 e. The minimum absolute atomic E-state index is 0.0783. The quantitative estimate of drug-likeness (QED) is 0.216. The highest BCUT2D eigenvalue weighted by molar-refractivity contribution is 5.98. The first-order valence-electron chi connectivity index (χ1n) is 14.3. The second kappa shape index (κ2) is 12.6. The van der Waals surface area contributed by atoms with E-state index in [4.69, 9.17) is 9.47 Å². The van der Waals surface area contributed by atoms with Gasteiger partial charge in [-0.15, -0.1) is 13.2 Å². The van der Waals surface area contributed by atoms with Gasteiger partial charge in [-0.1, -0.05) is 31.4 Å². The van der Waals surface area contributed by atoms with E-state index in [9.17, 15) is 19.5 Å². The molecular formula is C29H44N2O6. The smallest absolute Gasteiger partial charge is 0.312 e. The Kier molecular flexibility index (Phi) is 9.46. The summed E-state index contributed by atoms with van der Waals surface area (Å²) in [7, 11) is 0. The number of unbranched alkanes of at least 4 members (excludes halogenated alkanes) is 3. The van der Waals surface area contributed by atoms with E-state index in [1.54, 1.807) is 17.1 Å². The third-order valence-electron chi connectivity index (χ3n) is 8.78. The zero-order valence-electron chi connectivity index (χ0n) is 22.2. The zero-order chi connectivity index (χ0) is 26.4. The molecule has 8 nitrogen and oxygen atoms in total. The number of likely N-dealkylation sites (tertiary alicyclic amines) is 1. The Morgan fingerprint density at radius 1 is 1.11 bits per heavy atom. The SMILES string of the molecule is C=CCCCOC(=O)[C@@H]1[C@@H]2CCC3(O2)C(C(=O)N(CC=C)C2CCCCC2)N(CCCCCO)C(=O)[C@H]13. The van der Waals surface area contributed by atoms with Crippen LogP contribution >= 0.6 is 0 Å². The van der Waals surface area contributed by atoms with Gasteiger partial charge in [0.2, 0.25) is 11.8 Å². The van der Waals surface area contributed by atoms with Crippen LogP contribution < -0.4 is 0 Å². The first-order valence-corrected chi connectivity index (χ1v) is 14.3. The lowest BCUT2D eigenvalue weighted by Crippen LogP contribution is -2.58. The van der Waals surface area contributed by atoms with Gasteiger partial charge in [-0.05, 0) is 57.8 Å². The molecule has 2 amide bonds. The van der Waals surface area contributed by atoms with Crippen molar-refractivity contribution in [3.8, 4) is 0 Å². The molecule has 1 spiro atoms. The van der Waals surface area contributed by atoms with Gasteiger partial charge in [0.05, 0.1) is 24.5 Å². The van der Waals surface area contributed by atoms with Crippen molar-refractivity contribution >= 4 is 17.8 Å². The van der Waals surface area contributed by atoms with Gasteiger partial charge in [-0.2, -0.15) is 0 Å². The molecule has 1 N–H and O–H groups in total. The van der Waals surface area contributed by atoms with Gasteiger partial charge in [0.25, 0.3) is 0 Å². The summed E-state index contributed by atoms with van der Waals surface area (Å²) in [5.74, 6) is -2.00. The fourth-order valence-corrected chi connectivity index (χ4v) is 7.12. The number of amides is 2. The molecule has 4 rings (SSSR count). The molecule has 5 atom stereocenters. The molecule has 8 heteroatoms. The molecule has 0 aromatic rings. The first-order chi connectivity index (χ1) is 18.0. The molecule has 206 valence electrons. The normalized spacial score (nSPS) is 30.8. The standard InChI is InChI=1S/C29H44N2O6/c1-3-5-12-20-36-28(35)23-22-15-16-29(37-22)24(23)26(33)31(18-10-7-11-19-32)25(29)27(34)30(17-4-2)21-13-8-6-9-14-21/h3-4,21-25,32H,1-2,5-20H2/t22-,23+,24-,25?,29?/m0/s1. The van der Waals surface area contributed by atoms with E-state index in [1.807, 2.05) is 4.90 Å². The van der Waals surface area contributed by atoms with Crippen LogP contribution in [0.3, 0.4) is 0 Å². The zero-order valence-corrected chi connectivity index (χ0v) is 22.2. The van der Waals surface area contributed by atoms with Gasteiger partial charge in [0, 0.05) is 25.7 Å². The van der Waals surface area contributed by atoms with Crippen LogP contribution in [0.25, 0.3) is 0 Å². The number of aliphatic hydroxyl groups is 1. The number of rotatable bonds is 14. The number of nitrogens with zero attached hydrogens (tertiary/aromatic N) is 2. The highest BCUT2D eigenvalue weighted by atomic mass is 16.6. The number of ether oxygens (including phenoxy) is 2. The Morgan fingerprint density at radius 3 is 2.59 bits per heavy atom. The molecule has 0 aromatic heterocycles. The Labute approximate surface area is 221 Å². The van der Waals surface area contributed by atoms with Crippen LogP contribution in [0.2, 0.25) is 0 Å². The lowest BCUT2D eigenvalue weighted by molar-refractivity contribution is -0.155. The lowest BCUT2D eigenvalue weighted by atomic mass is 9.70. The van der Waals surface area contributed by atoms with Crippen LogP contribution in [0, 0.1) is 11.8 Å². The monoisotopic (exact) mass is 516 g/mol. The van der Waals surface area contributed by atoms with Crippen LogP contribution in [0.4, 0.5) is 0 Å². The van der Waals surface area contributed by atoms with Crippen LogP contribution in [0.1, 0.15) is 77.0 Å². The van der Waals surface area contributed by atoms with Crippen molar-refractivity contribution in [3.63, 3.8) is 0 Å². The second-order valence-electron chi connectivity index (χ2n) is 11.0. The molecule has 3 heterocycles. The van der Waals surface area contributed by atoms with Gasteiger partial charge >= 0.3 is 5.97 Å². The average molecular weight is 517 g/mol. The van der Waals surface area contributed by atoms with E-state index in [0.29, 0.717) is 45.2 Å². The highest BCUT2D eigenvalue weighted by Crippen LogP contribution is 2.59. The summed E-state index contributed by atoms with van der Waals surface area (Å²) >= 11 is 0. The highest BCUT2D eigenvalue weighted by Gasteiger charge is 2.75. The maximum Gasteiger partial charge on any atom is 0.312 e. The van der Waals surface area contributed by atoms with Gasteiger partial charge in [-0.3, -0.25) is 14.4 Å². The molecular weight excluding hydrogens is 472 g/mol. The van der Waals surface area contributed by atoms with Crippen LogP contribution in [-0.2, 0) is 23.9 Å². The maximum atomic E-state index is 14.4. The molecule has 1 aliphatic carbocycles. The van der Waals surface area contributed by atoms with E-state index in [0.717, 1.165) is 38.5 Å². The minimum Gasteiger partial charge on any atom is -0.465 e. The number of esters is 1. The predicted molar refractivity (Wildman–Crippen MR) is 139 cm³/mol. The maximum absolute atomic E-state index is 14.4. The van der Waals surface area contributed by atoms with Crippen LogP contribution in [0.15, 0.2) is 25.3 Å². The number of aliphatic hydroxyl groups excluding tert-OH is 1. The number of carbonyl (C=O) groups is 3. The van der Waals surface area contributed by atoms with Crippen molar-refractivity contribution < 1.29 is 29.0 Å². The predicted octanol–water partition coefficient (Wildman–Crippen LogP) is 3.38. The Balaban J connectivity index is 1.61. The fourth-order valence-electron chi connectivity index (χ4n) is 7.12. The fraction of sp³-hybridized carbons (Fsp3) is 0.759. The molecule has 4 aliphatic rings. The van der Waals surface area contributed by atoms with E-state index in [2.05, 4.69) is 13.2 Å². The van der Waals surface area contributed by atoms with Gasteiger partial charge in [-0.25, -0.2) is 0 Å². The van der Waals surface area contributed by atoms with Crippen molar-refractivity contribution in [2.24, 2.45) is 11.8 Å². The molecule has 3 saturated heterocycles. The number of hydrogen-bond donors (Lipinski definition) is 1. The average Bonchev–Trinajstić information content (AvgIpc) is 3.55. The van der Waals surface area contributed by atoms with Crippen molar-refractivity contribution in [3.05, 3.63) is 25.3 Å². The summed E-state index contributed by atoms with van der Waals surface area (Å²) in [5, 5.41) is 9.22. The summed E-state index contributed by atoms with van der Waals surface area (Å²) in [6.07, 6.45) is 13.2. The van der Waals surface area contributed by atoms with Gasteiger partial charge in [0.15, 0.2) is 0 Å². The lowest BCUT2D eigenvalue weighted by Gasteiger charge is -2.40. The number of carbonyl (C=O) groups excluding carboxylic acids is 3. The van der Waals surface area contributed by atoms with E-state index in [-0.39, 0.29) is 31.1 Å². The summed E-state index contributed by atoms with van der Waals surface area (Å²) in [6, 6.07) is -0.616. The number of hydrogen-bond acceptors (Lipinski definition) is 6. The molecule has 0 radical (unpaired) electrons. The van der Waals surface area contributed by atoms with Crippen molar-refractivity contribution in [1.29, 1.82) is 0 Å². The summed E-state index contributed by atoms with van der Waals surface area (Å²) in [5.41, 5.74) is -0.991. The Morgan fingerprint density at radius 2 is 1.89 bits per heavy atom. The van der Waals surface area contributed by atoms with Crippen LogP contribution in [0.5, 0.6) is 0 Å². The molecule has 4 fully saturated rings. The number of allylic oxidation sites excluding steroid dienone is 1. The Bertz CT molecular complexity index is 855. The first kappa shape index (κ1) is 27.8. The van der Waals surface area contributed by atoms with Crippen molar-refractivity contribution in [2.75, 3.05) is 26.3 Å². The molecule has 2 bridgehead atoms. The summed E-state index contributed by atoms with van der Waals surface area (Å²) in [4.78, 5) is 45.2. The summed E-state index contributed by atoms with van der Waals surface area (Å²) in [6.45, 7) is 8.83. The second-order valence-corrected chi connectivity index (χ2v) is 11.0. The van der Waals surface area contributed by atoms with Crippen molar-refractivity contribution in [2.45, 2.75) is 101 Å². The topological polar surface area (TPSA) is 96.4 Å². The number of fused-ring (bicyclic) bond motifs is 1. The molecule has 1 saturated carbocycles. The molecule has 2 unspecified atom stereocenters. The molecule has 37 heavy (non-hydrogen) atoms. The van der Waals surface area contributed by atoms with E-state index < -0.39 is 35.6 Å². The van der Waals surface area contributed by atoms with Crippen molar-refractivity contribution in [1.82, 2.24) is 9.80 Å².